The van der Waals surface area contributed by atoms with E-state index in [1.807, 2.05) is 72.8 Å². The lowest BCUT2D eigenvalue weighted by atomic mass is 10.1. The van der Waals surface area contributed by atoms with Crippen molar-refractivity contribution in [3.8, 4) is 22.8 Å². The van der Waals surface area contributed by atoms with Gasteiger partial charge in [-0.3, -0.25) is 4.99 Å². The van der Waals surface area contributed by atoms with Crippen molar-refractivity contribution >= 4 is 27.8 Å². The first-order valence-corrected chi connectivity index (χ1v) is 9.70. The van der Waals surface area contributed by atoms with Gasteiger partial charge in [0.2, 0.25) is 0 Å². The van der Waals surface area contributed by atoms with E-state index in [0.29, 0.717) is 5.76 Å². The Morgan fingerprint density at radius 2 is 1.61 bits per heavy atom. The van der Waals surface area contributed by atoms with Crippen LogP contribution in [-0.2, 0) is 0 Å². The van der Waals surface area contributed by atoms with Gasteiger partial charge < -0.3 is 9.15 Å². The van der Waals surface area contributed by atoms with E-state index >= 15 is 0 Å². The third-order valence-corrected chi connectivity index (χ3v) is 4.83. The van der Waals surface area contributed by atoms with Crippen LogP contribution >= 0.6 is 15.9 Å². The van der Waals surface area contributed by atoms with E-state index in [2.05, 4.69) is 40.0 Å². The molecule has 0 bridgehead atoms. The minimum Gasteiger partial charge on any atom is -0.457 e. The maximum atomic E-state index is 5.91. The van der Waals surface area contributed by atoms with Crippen LogP contribution < -0.4 is 4.74 Å². The first-order valence-electron chi connectivity index (χ1n) is 8.91. The van der Waals surface area contributed by atoms with E-state index in [-0.39, 0.29) is 0 Å². The fourth-order valence-electron chi connectivity index (χ4n) is 2.75. The first kappa shape index (κ1) is 18.3. The predicted molar refractivity (Wildman–Crippen MR) is 117 cm³/mol. The Hall–Kier alpha value is -3.11. The summed E-state index contributed by atoms with van der Waals surface area (Å²) in [7, 11) is 0. The van der Waals surface area contributed by atoms with E-state index in [0.717, 1.165) is 33.0 Å². The molecule has 0 aliphatic heterocycles. The van der Waals surface area contributed by atoms with Crippen LogP contribution in [-0.4, -0.2) is 6.21 Å². The Morgan fingerprint density at radius 3 is 2.36 bits per heavy atom. The van der Waals surface area contributed by atoms with Gasteiger partial charge in [0.05, 0.1) is 11.9 Å². The fraction of sp³-hybridized carbons (Fsp3) is 0.0417. The summed E-state index contributed by atoms with van der Waals surface area (Å²) in [5.74, 6) is 3.09. The Labute approximate surface area is 172 Å². The summed E-state index contributed by atoms with van der Waals surface area (Å²) in [4.78, 5) is 4.48. The van der Waals surface area contributed by atoms with Crippen molar-refractivity contribution in [2.24, 2.45) is 4.99 Å². The number of para-hydroxylation sites is 1. The molecule has 4 heteroatoms. The standard InChI is InChI=1S/C24H18BrNO2/c1-17-7-13-22(23(25)15-17)24-14-12-21(28-24)16-26-18-8-10-20(11-9-18)27-19-5-3-2-4-6-19/h2-16H,1H3. The molecule has 4 rings (SSSR count). The molecule has 0 N–H and O–H groups in total. The second kappa shape index (κ2) is 8.28. The molecule has 0 amide bonds. The molecule has 0 spiro atoms. The normalized spacial score (nSPS) is 11.1. The smallest absolute Gasteiger partial charge is 0.145 e. The van der Waals surface area contributed by atoms with E-state index in [1.165, 1.54) is 5.56 Å². The summed E-state index contributed by atoms with van der Waals surface area (Å²) >= 11 is 3.59. The summed E-state index contributed by atoms with van der Waals surface area (Å²) in [6, 6.07) is 27.4. The van der Waals surface area contributed by atoms with Crippen molar-refractivity contribution in [2.75, 3.05) is 0 Å². The summed E-state index contributed by atoms with van der Waals surface area (Å²) in [6.07, 6.45) is 1.72. The van der Waals surface area contributed by atoms with Crippen LogP contribution in [0, 0.1) is 6.92 Å². The monoisotopic (exact) mass is 431 g/mol. The molecule has 4 aromatic rings. The van der Waals surface area contributed by atoms with Gasteiger partial charge in [-0.25, -0.2) is 0 Å². The highest BCUT2D eigenvalue weighted by Crippen LogP contribution is 2.30. The van der Waals surface area contributed by atoms with Crippen LogP contribution in [0.5, 0.6) is 11.5 Å². The second-order valence-corrected chi connectivity index (χ2v) is 7.21. The topological polar surface area (TPSA) is 34.7 Å². The van der Waals surface area contributed by atoms with Gasteiger partial charge in [0, 0.05) is 10.0 Å². The molecule has 0 aliphatic rings. The molecule has 3 aromatic carbocycles. The lowest BCUT2D eigenvalue weighted by Crippen LogP contribution is -1.82. The molecule has 0 saturated heterocycles. The van der Waals surface area contributed by atoms with Gasteiger partial charge in [0.15, 0.2) is 0 Å². The number of hydrogen-bond donors (Lipinski definition) is 0. The number of ether oxygens (including phenoxy) is 1. The SMILES string of the molecule is Cc1ccc(-c2ccc(C=Nc3ccc(Oc4ccccc4)cc3)o2)c(Br)c1. The van der Waals surface area contributed by atoms with Gasteiger partial charge in [0.25, 0.3) is 0 Å². The minimum atomic E-state index is 0.701. The Balaban J connectivity index is 1.45. The van der Waals surface area contributed by atoms with Gasteiger partial charge in [-0.15, -0.1) is 0 Å². The molecule has 1 aromatic heterocycles. The molecule has 3 nitrogen and oxygen atoms in total. The van der Waals surface area contributed by atoms with E-state index in [9.17, 15) is 0 Å². The van der Waals surface area contributed by atoms with Gasteiger partial charge in [-0.05, 0) is 73.2 Å². The Bertz CT molecular complexity index is 1100. The highest BCUT2D eigenvalue weighted by Gasteiger charge is 2.07. The summed E-state index contributed by atoms with van der Waals surface area (Å²) in [6.45, 7) is 2.06. The second-order valence-electron chi connectivity index (χ2n) is 6.35. The molecular formula is C24H18BrNO2. The molecule has 0 radical (unpaired) electrons. The Kier molecular flexibility index (Phi) is 5.40. The van der Waals surface area contributed by atoms with Gasteiger partial charge in [-0.2, -0.15) is 0 Å². The van der Waals surface area contributed by atoms with Crippen molar-refractivity contribution in [3.63, 3.8) is 0 Å². The lowest BCUT2D eigenvalue weighted by Gasteiger charge is -2.05. The maximum Gasteiger partial charge on any atom is 0.145 e. The van der Waals surface area contributed by atoms with Gasteiger partial charge >= 0.3 is 0 Å². The zero-order valence-electron chi connectivity index (χ0n) is 15.3. The van der Waals surface area contributed by atoms with Crippen LogP contribution in [0.1, 0.15) is 11.3 Å². The largest absolute Gasteiger partial charge is 0.457 e. The quantitative estimate of drug-likeness (QED) is 0.305. The fourth-order valence-corrected chi connectivity index (χ4v) is 3.44. The van der Waals surface area contributed by atoms with Crippen molar-refractivity contribution in [3.05, 3.63) is 101 Å². The van der Waals surface area contributed by atoms with Crippen molar-refractivity contribution < 1.29 is 9.15 Å². The number of aliphatic imine (C=N–C) groups is 1. The molecule has 0 aliphatic carbocycles. The van der Waals surface area contributed by atoms with E-state index < -0.39 is 0 Å². The Morgan fingerprint density at radius 1 is 0.857 bits per heavy atom. The number of nitrogens with zero attached hydrogens (tertiary/aromatic N) is 1. The minimum absolute atomic E-state index is 0.701. The number of halogens is 1. The molecule has 0 unspecified atom stereocenters. The number of hydrogen-bond acceptors (Lipinski definition) is 3. The summed E-state index contributed by atoms with van der Waals surface area (Å²) in [5.41, 5.74) is 3.05. The van der Waals surface area contributed by atoms with Crippen molar-refractivity contribution in [1.29, 1.82) is 0 Å². The highest BCUT2D eigenvalue weighted by molar-refractivity contribution is 9.10. The molecular weight excluding hydrogens is 414 g/mol. The molecule has 138 valence electrons. The molecule has 0 fully saturated rings. The number of benzene rings is 3. The lowest BCUT2D eigenvalue weighted by molar-refractivity contribution is 0.483. The summed E-state index contributed by atoms with van der Waals surface area (Å²) in [5, 5.41) is 0. The summed E-state index contributed by atoms with van der Waals surface area (Å²) < 4.78 is 12.7. The van der Waals surface area contributed by atoms with Crippen LogP contribution in [0.2, 0.25) is 0 Å². The predicted octanol–water partition coefficient (Wildman–Crippen LogP) is 7.56. The molecule has 0 atom stereocenters. The molecule has 28 heavy (non-hydrogen) atoms. The first-order chi connectivity index (χ1) is 13.7. The van der Waals surface area contributed by atoms with Crippen LogP contribution in [0.15, 0.2) is 98.8 Å². The van der Waals surface area contributed by atoms with Crippen LogP contribution in [0.3, 0.4) is 0 Å². The average Bonchev–Trinajstić information content (AvgIpc) is 3.17. The van der Waals surface area contributed by atoms with Gasteiger partial charge in [-0.1, -0.05) is 40.2 Å². The number of rotatable bonds is 5. The third-order valence-electron chi connectivity index (χ3n) is 4.17. The molecule has 1 heterocycles. The van der Waals surface area contributed by atoms with E-state index in [4.69, 9.17) is 9.15 Å². The van der Waals surface area contributed by atoms with Crippen molar-refractivity contribution in [1.82, 2.24) is 0 Å². The number of furan rings is 1. The van der Waals surface area contributed by atoms with Crippen LogP contribution in [0.25, 0.3) is 11.3 Å². The zero-order chi connectivity index (χ0) is 19.3. The highest BCUT2D eigenvalue weighted by atomic mass is 79.9. The molecule has 0 saturated carbocycles. The van der Waals surface area contributed by atoms with E-state index in [1.54, 1.807) is 6.21 Å². The average molecular weight is 432 g/mol. The maximum absolute atomic E-state index is 5.91. The number of aryl methyl sites for hydroxylation is 1. The van der Waals surface area contributed by atoms with Gasteiger partial charge in [0.1, 0.15) is 23.0 Å². The third kappa shape index (κ3) is 4.41. The van der Waals surface area contributed by atoms with Crippen molar-refractivity contribution in [2.45, 2.75) is 6.92 Å². The van der Waals surface area contributed by atoms with Crippen LogP contribution in [0.4, 0.5) is 5.69 Å². The zero-order valence-corrected chi connectivity index (χ0v) is 16.9.